The Morgan fingerprint density at radius 1 is 1.06 bits per heavy atom. The molecule has 4 aromatic rings. The number of imidazole rings is 1. The van der Waals surface area contributed by atoms with Crippen molar-refractivity contribution in [2.24, 2.45) is 0 Å². The number of carbonyl (C=O) groups excluding carboxylic acids is 1. The van der Waals surface area contributed by atoms with Crippen molar-refractivity contribution < 1.29 is 4.79 Å². The van der Waals surface area contributed by atoms with Gasteiger partial charge in [0, 0.05) is 43.6 Å². The van der Waals surface area contributed by atoms with Crippen LogP contribution < -0.4 is 21.0 Å². The van der Waals surface area contributed by atoms with Crippen molar-refractivity contribution >= 4 is 41.9 Å². The summed E-state index contributed by atoms with van der Waals surface area (Å²) in [5.41, 5.74) is 4.34. The maximum Gasteiger partial charge on any atom is 0.327 e. The summed E-state index contributed by atoms with van der Waals surface area (Å²) < 4.78 is 1.81. The van der Waals surface area contributed by atoms with Crippen molar-refractivity contribution in [2.45, 2.75) is 25.3 Å². The third kappa shape index (κ3) is 3.46. The number of rotatable bonds is 3. The van der Waals surface area contributed by atoms with Crippen LogP contribution in [0.1, 0.15) is 34.9 Å². The highest BCUT2D eigenvalue weighted by atomic mass is 16.2. The van der Waals surface area contributed by atoms with E-state index >= 15 is 0 Å². The Morgan fingerprint density at radius 2 is 1.91 bits per heavy atom. The Hall–Kier alpha value is -3.95. The molecule has 1 saturated heterocycles. The van der Waals surface area contributed by atoms with Crippen LogP contribution in [-0.2, 0) is 6.42 Å². The summed E-state index contributed by atoms with van der Waals surface area (Å²) in [6, 6.07) is 11.2. The number of hydrogen-bond donors (Lipinski definition) is 1. The van der Waals surface area contributed by atoms with E-state index in [0.29, 0.717) is 23.3 Å². The number of fused-ring (bicyclic) bond motifs is 2. The minimum absolute atomic E-state index is 0.0816. The van der Waals surface area contributed by atoms with Gasteiger partial charge in [-0.25, -0.2) is 19.7 Å². The number of hydrogen-bond acceptors (Lipinski definition) is 6. The topological polar surface area (TPSA) is 100 Å². The molecule has 1 aromatic carbocycles. The fourth-order valence-corrected chi connectivity index (χ4v) is 5.08. The molecule has 6 rings (SSSR count). The third-order valence-electron chi connectivity index (χ3n) is 6.76. The van der Waals surface area contributed by atoms with Crippen LogP contribution in [0.15, 0.2) is 53.7 Å². The smallest absolute Gasteiger partial charge is 0.327 e. The number of nitrogens with one attached hydrogen (secondary N) is 1. The Morgan fingerprint density at radius 3 is 2.76 bits per heavy atom. The van der Waals surface area contributed by atoms with Gasteiger partial charge in [0.25, 0.3) is 5.91 Å². The van der Waals surface area contributed by atoms with Crippen LogP contribution in [0.5, 0.6) is 0 Å². The van der Waals surface area contributed by atoms with E-state index in [2.05, 4.69) is 24.8 Å². The lowest BCUT2D eigenvalue weighted by Crippen LogP contribution is -2.37. The zero-order valence-corrected chi connectivity index (χ0v) is 18.5. The number of amides is 1. The van der Waals surface area contributed by atoms with E-state index in [1.807, 2.05) is 34.9 Å². The predicted molar refractivity (Wildman–Crippen MR) is 130 cm³/mol. The van der Waals surface area contributed by atoms with Gasteiger partial charge in [0.15, 0.2) is 5.65 Å². The zero-order valence-electron chi connectivity index (χ0n) is 18.5. The van der Waals surface area contributed by atoms with E-state index < -0.39 is 0 Å². The van der Waals surface area contributed by atoms with Crippen LogP contribution >= 0.6 is 0 Å². The van der Waals surface area contributed by atoms with Gasteiger partial charge in [-0.05, 0) is 43.0 Å². The van der Waals surface area contributed by atoms with Crippen LogP contribution in [0.4, 0.5) is 11.5 Å². The lowest BCUT2D eigenvalue weighted by molar-refractivity contribution is 0.0984. The Kier molecular flexibility index (Phi) is 4.93. The van der Waals surface area contributed by atoms with Gasteiger partial charge in [-0.2, -0.15) is 0 Å². The maximum absolute atomic E-state index is 13.2. The average molecular weight is 451 g/mol. The number of nitrogens with zero attached hydrogens (tertiary/aromatic N) is 6. The monoisotopic (exact) mass is 451 g/mol. The molecule has 2 aliphatic rings. The summed E-state index contributed by atoms with van der Waals surface area (Å²) in [4.78, 5) is 45.4. The average Bonchev–Trinajstić information content (AvgIpc) is 3.43. The van der Waals surface area contributed by atoms with E-state index in [-0.39, 0.29) is 17.6 Å². The molecule has 0 bridgehead atoms. The number of piperidine rings is 1. The minimum Gasteiger partial charge on any atom is -0.356 e. The third-order valence-corrected chi connectivity index (χ3v) is 6.76. The molecule has 1 amide bonds. The molecule has 2 aliphatic heterocycles. The second-order valence-corrected chi connectivity index (χ2v) is 8.75. The minimum atomic E-state index is -0.139. The highest BCUT2D eigenvalue weighted by Crippen LogP contribution is 2.30. The molecule has 5 heterocycles. The highest BCUT2D eigenvalue weighted by molar-refractivity contribution is 6.32. The molecule has 9 nitrogen and oxygen atoms in total. The maximum atomic E-state index is 13.2. The molecule has 10 heteroatoms. The molecule has 0 aliphatic carbocycles. The van der Waals surface area contributed by atoms with Crippen LogP contribution in [-0.4, -0.2) is 57.9 Å². The van der Waals surface area contributed by atoms with E-state index in [1.54, 1.807) is 17.2 Å². The van der Waals surface area contributed by atoms with E-state index in [0.717, 1.165) is 54.9 Å². The Balaban J connectivity index is 1.19. The lowest BCUT2D eigenvalue weighted by atomic mass is 9.93. The van der Waals surface area contributed by atoms with Crippen molar-refractivity contribution in [2.75, 3.05) is 29.4 Å². The number of pyridine rings is 1. The van der Waals surface area contributed by atoms with Gasteiger partial charge in [0.2, 0.25) is 0 Å². The molecule has 34 heavy (non-hydrogen) atoms. The molecular formula is C24H22BN7O2. The molecule has 0 spiro atoms. The summed E-state index contributed by atoms with van der Waals surface area (Å²) in [7, 11) is 5.89. The molecule has 168 valence electrons. The number of benzene rings is 1. The standard InChI is InChI=1S/C24H22BN7O2/c25-16-3-4-19-15(12-16)5-11-31(19)23(33)18-13-21(28-14-27-18)30-9-6-17(7-10-30)32-20-2-1-8-26-22(20)29-24(32)34/h1-4,8,12-14,17H,5-7,9-11H2,(H,26,29,34). The zero-order chi connectivity index (χ0) is 23.2. The molecule has 1 fully saturated rings. The van der Waals surface area contributed by atoms with Crippen LogP contribution in [0.2, 0.25) is 0 Å². The lowest BCUT2D eigenvalue weighted by Gasteiger charge is -2.33. The van der Waals surface area contributed by atoms with Crippen molar-refractivity contribution in [1.82, 2.24) is 24.5 Å². The number of carbonyl (C=O) groups is 1. The van der Waals surface area contributed by atoms with Gasteiger partial charge in [0.05, 0.1) is 5.52 Å². The number of aromatic amines is 1. The summed E-state index contributed by atoms with van der Waals surface area (Å²) >= 11 is 0. The highest BCUT2D eigenvalue weighted by Gasteiger charge is 2.28. The molecule has 3 aromatic heterocycles. The van der Waals surface area contributed by atoms with Crippen LogP contribution in [0.25, 0.3) is 11.2 Å². The first-order valence-corrected chi connectivity index (χ1v) is 11.4. The Labute approximate surface area is 196 Å². The molecule has 0 atom stereocenters. The van der Waals surface area contributed by atoms with Gasteiger partial charge >= 0.3 is 5.69 Å². The Bertz CT molecular complexity index is 1460. The van der Waals surface area contributed by atoms with Gasteiger partial charge in [-0.1, -0.05) is 17.6 Å². The van der Waals surface area contributed by atoms with Crippen molar-refractivity contribution in [3.63, 3.8) is 0 Å². The molecule has 0 unspecified atom stereocenters. The second-order valence-electron chi connectivity index (χ2n) is 8.75. The summed E-state index contributed by atoms with van der Waals surface area (Å²) in [6.45, 7) is 2.05. The molecule has 1 N–H and O–H groups in total. The molecular weight excluding hydrogens is 429 g/mol. The first-order chi connectivity index (χ1) is 16.6. The van der Waals surface area contributed by atoms with Crippen molar-refractivity contribution in [3.8, 4) is 0 Å². The van der Waals surface area contributed by atoms with Crippen LogP contribution in [0, 0.1) is 0 Å². The predicted octanol–water partition coefficient (Wildman–Crippen LogP) is 1.35. The number of H-pyrrole nitrogens is 1. The molecule has 0 saturated carbocycles. The normalized spacial score (nSPS) is 16.2. The SMILES string of the molecule is [B]c1ccc2c(c1)CCN2C(=O)c1cc(N2CCC(n3c(=O)[nH]c4ncccc43)CC2)ncn1. The van der Waals surface area contributed by atoms with Crippen molar-refractivity contribution in [1.29, 1.82) is 0 Å². The van der Waals surface area contributed by atoms with Crippen LogP contribution in [0.3, 0.4) is 0 Å². The summed E-state index contributed by atoms with van der Waals surface area (Å²) in [5.74, 6) is 0.585. The number of aromatic nitrogens is 5. The van der Waals surface area contributed by atoms with Gasteiger partial charge in [-0.15, -0.1) is 0 Å². The fourth-order valence-electron chi connectivity index (χ4n) is 5.08. The van der Waals surface area contributed by atoms with E-state index in [1.165, 1.54) is 6.33 Å². The molecule has 2 radical (unpaired) electrons. The largest absolute Gasteiger partial charge is 0.356 e. The van der Waals surface area contributed by atoms with Crippen molar-refractivity contribution in [3.05, 3.63) is 70.7 Å². The first-order valence-electron chi connectivity index (χ1n) is 11.4. The van der Waals surface area contributed by atoms with E-state index in [4.69, 9.17) is 7.85 Å². The fraction of sp³-hybridized carbons (Fsp3) is 0.292. The van der Waals surface area contributed by atoms with E-state index in [9.17, 15) is 9.59 Å². The van der Waals surface area contributed by atoms with Gasteiger partial charge < -0.3 is 9.80 Å². The summed E-state index contributed by atoms with van der Waals surface area (Å²) in [5, 5.41) is 0. The van der Waals surface area contributed by atoms with Gasteiger partial charge in [-0.3, -0.25) is 14.3 Å². The first kappa shape index (κ1) is 20.6. The summed E-state index contributed by atoms with van der Waals surface area (Å²) in [6.07, 6.45) is 5.48. The quantitative estimate of drug-likeness (QED) is 0.472. The van der Waals surface area contributed by atoms with Gasteiger partial charge in [0.1, 0.15) is 25.7 Å². The number of anilines is 2. The second kappa shape index (κ2) is 8.12.